The standard InChI is InChI=1S/C18H17ClN4O2S/c19-14-5-3-13(4-6-14)17-20-16(25-21-17)12-22-7-9-23(10-8-22)18(24)15-2-1-11-26-15/h1-6,11H,7-10,12H2. The van der Waals surface area contributed by atoms with E-state index in [0.717, 1.165) is 23.5 Å². The smallest absolute Gasteiger partial charge is 0.264 e. The van der Waals surface area contributed by atoms with Crippen LogP contribution in [0.5, 0.6) is 0 Å². The minimum atomic E-state index is 0.113. The van der Waals surface area contributed by atoms with Crippen molar-refractivity contribution < 1.29 is 9.32 Å². The lowest BCUT2D eigenvalue weighted by Crippen LogP contribution is -2.48. The zero-order chi connectivity index (χ0) is 17.9. The van der Waals surface area contributed by atoms with Gasteiger partial charge in [0.05, 0.1) is 11.4 Å². The van der Waals surface area contributed by atoms with Gasteiger partial charge >= 0.3 is 0 Å². The van der Waals surface area contributed by atoms with Gasteiger partial charge in [0.25, 0.3) is 5.91 Å². The van der Waals surface area contributed by atoms with Crippen molar-refractivity contribution in [2.45, 2.75) is 6.54 Å². The molecule has 2 aromatic heterocycles. The maximum atomic E-state index is 12.4. The molecule has 0 radical (unpaired) electrons. The molecule has 0 N–H and O–H groups in total. The van der Waals surface area contributed by atoms with Gasteiger partial charge in [-0.25, -0.2) is 0 Å². The molecule has 4 rings (SSSR count). The van der Waals surface area contributed by atoms with Crippen LogP contribution in [0.25, 0.3) is 11.4 Å². The molecular formula is C18H17ClN4O2S. The SMILES string of the molecule is O=C(c1cccs1)N1CCN(Cc2nc(-c3ccc(Cl)cc3)no2)CC1. The van der Waals surface area contributed by atoms with Crippen LogP contribution < -0.4 is 0 Å². The van der Waals surface area contributed by atoms with Gasteiger partial charge in [0.2, 0.25) is 11.7 Å². The number of aromatic nitrogens is 2. The second-order valence-corrected chi connectivity index (χ2v) is 7.45. The summed E-state index contributed by atoms with van der Waals surface area (Å²) >= 11 is 7.38. The lowest BCUT2D eigenvalue weighted by molar-refractivity contribution is 0.0620. The highest BCUT2D eigenvalue weighted by Crippen LogP contribution is 2.20. The molecule has 1 aliphatic heterocycles. The number of nitrogens with zero attached hydrogens (tertiary/aromatic N) is 4. The summed E-state index contributed by atoms with van der Waals surface area (Å²) in [6.45, 7) is 3.57. The molecule has 6 nitrogen and oxygen atoms in total. The van der Waals surface area contributed by atoms with Crippen molar-refractivity contribution in [2.24, 2.45) is 0 Å². The fourth-order valence-corrected chi connectivity index (χ4v) is 3.71. The first-order valence-corrected chi connectivity index (χ1v) is 9.58. The number of piperazine rings is 1. The van der Waals surface area contributed by atoms with Gasteiger partial charge in [0.15, 0.2) is 0 Å². The van der Waals surface area contributed by atoms with Gasteiger partial charge in [0, 0.05) is 36.8 Å². The lowest BCUT2D eigenvalue weighted by atomic mass is 10.2. The van der Waals surface area contributed by atoms with E-state index in [2.05, 4.69) is 15.0 Å². The summed E-state index contributed by atoms with van der Waals surface area (Å²) < 4.78 is 5.37. The zero-order valence-electron chi connectivity index (χ0n) is 14.0. The predicted molar refractivity (Wildman–Crippen MR) is 100 cm³/mol. The van der Waals surface area contributed by atoms with Crippen molar-refractivity contribution in [2.75, 3.05) is 26.2 Å². The molecule has 1 fully saturated rings. The van der Waals surface area contributed by atoms with Crippen LogP contribution in [0, 0.1) is 0 Å². The van der Waals surface area contributed by atoms with E-state index in [1.807, 2.05) is 34.5 Å². The normalized spacial score (nSPS) is 15.3. The van der Waals surface area contributed by atoms with Gasteiger partial charge in [-0.05, 0) is 35.7 Å². The van der Waals surface area contributed by atoms with Crippen LogP contribution in [0.15, 0.2) is 46.3 Å². The van der Waals surface area contributed by atoms with Crippen LogP contribution in [0.4, 0.5) is 0 Å². The van der Waals surface area contributed by atoms with Crippen LogP contribution in [-0.2, 0) is 6.54 Å². The number of amides is 1. The van der Waals surface area contributed by atoms with Gasteiger partial charge in [-0.3, -0.25) is 9.69 Å². The van der Waals surface area contributed by atoms with Crippen molar-refractivity contribution in [3.05, 3.63) is 57.6 Å². The van der Waals surface area contributed by atoms with Crippen LogP contribution in [0.2, 0.25) is 5.02 Å². The first kappa shape index (κ1) is 17.2. The van der Waals surface area contributed by atoms with E-state index >= 15 is 0 Å². The highest BCUT2D eigenvalue weighted by atomic mass is 35.5. The predicted octanol–water partition coefficient (Wildman–Crippen LogP) is 3.41. The van der Waals surface area contributed by atoms with Gasteiger partial charge in [0.1, 0.15) is 0 Å². The van der Waals surface area contributed by atoms with E-state index in [-0.39, 0.29) is 5.91 Å². The number of rotatable bonds is 4. The third kappa shape index (κ3) is 3.80. The maximum Gasteiger partial charge on any atom is 0.264 e. The summed E-state index contributed by atoms with van der Waals surface area (Å²) in [5.74, 6) is 1.25. The molecule has 1 amide bonds. The number of benzene rings is 1. The fourth-order valence-electron chi connectivity index (χ4n) is 2.89. The summed E-state index contributed by atoms with van der Waals surface area (Å²) in [5.41, 5.74) is 0.871. The third-order valence-corrected chi connectivity index (χ3v) is 5.43. The van der Waals surface area contributed by atoms with Crippen molar-refractivity contribution in [3.8, 4) is 11.4 Å². The monoisotopic (exact) mass is 388 g/mol. The molecule has 26 heavy (non-hydrogen) atoms. The molecule has 0 atom stereocenters. The Kier molecular flexibility index (Phi) is 5.01. The minimum Gasteiger partial charge on any atom is -0.338 e. The Labute approximate surface area is 160 Å². The van der Waals surface area contributed by atoms with Crippen LogP contribution in [0.1, 0.15) is 15.6 Å². The first-order chi connectivity index (χ1) is 12.7. The zero-order valence-corrected chi connectivity index (χ0v) is 15.5. The van der Waals surface area contributed by atoms with Crippen LogP contribution >= 0.6 is 22.9 Å². The lowest BCUT2D eigenvalue weighted by Gasteiger charge is -2.33. The summed E-state index contributed by atoms with van der Waals surface area (Å²) in [6, 6.07) is 11.1. The average molecular weight is 389 g/mol. The maximum absolute atomic E-state index is 12.4. The third-order valence-electron chi connectivity index (χ3n) is 4.32. The minimum absolute atomic E-state index is 0.113. The second kappa shape index (κ2) is 7.57. The Bertz CT molecular complexity index is 871. The molecule has 1 aliphatic rings. The molecule has 0 unspecified atom stereocenters. The average Bonchev–Trinajstić information content (AvgIpc) is 3.35. The number of carbonyl (C=O) groups excluding carboxylic acids is 1. The molecule has 1 aromatic carbocycles. The molecule has 8 heteroatoms. The molecule has 0 bridgehead atoms. The van der Waals surface area contributed by atoms with Crippen molar-refractivity contribution in [1.29, 1.82) is 0 Å². The van der Waals surface area contributed by atoms with E-state index in [4.69, 9.17) is 16.1 Å². The molecule has 0 spiro atoms. The first-order valence-electron chi connectivity index (χ1n) is 8.33. The Morgan fingerprint density at radius 3 is 2.62 bits per heavy atom. The van der Waals surface area contributed by atoms with E-state index in [9.17, 15) is 4.79 Å². The molecule has 0 saturated carbocycles. The molecule has 1 saturated heterocycles. The van der Waals surface area contributed by atoms with Crippen LogP contribution in [0.3, 0.4) is 0 Å². The second-order valence-electron chi connectivity index (χ2n) is 6.06. The van der Waals surface area contributed by atoms with Crippen LogP contribution in [-0.4, -0.2) is 52.0 Å². The van der Waals surface area contributed by atoms with Crippen molar-refractivity contribution in [1.82, 2.24) is 19.9 Å². The molecular weight excluding hydrogens is 372 g/mol. The van der Waals surface area contributed by atoms with E-state index in [0.29, 0.717) is 36.4 Å². The number of hydrogen-bond donors (Lipinski definition) is 0. The molecule has 0 aliphatic carbocycles. The highest BCUT2D eigenvalue weighted by molar-refractivity contribution is 7.12. The number of hydrogen-bond acceptors (Lipinski definition) is 6. The van der Waals surface area contributed by atoms with Gasteiger partial charge in [-0.2, -0.15) is 4.98 Å². The number of thiophene rings is 1. The summed E-state index contributed by atoms with van der Waals surface area (Å²) in [6.07, 6.45) is 0. The molecule has 3 aromatic rings. The van der Waals surface area contributed by atoms with Gasteiger partial charge in [-0.15, -0.1) is 11.3 Å². The van der Waals surface area contributed by atoms with Gasteiger partial charge < -0.3 is 9.42 Å². The fraction of sp³-hybridized carbons (Fsp3) is 0.278. The van der Waals surface area contributed by atoms with Gasteiger partial charge in [-0.1, -0.05) is 22.8 Å². The van der Waals surface area contributed by atoms with Crippen molar-refractivity contribution in [3.63, 3.8) is 0 Å². The van der Waals surface area contributed by atoms with E-state index < -0.39 is 0 Å². The number of carbonyl (C=O) groups is 1. The highest BCUT2D eigenvalue weighted by Gasteiger charge is 2.23. The largest absolute Gasteiger partial charge is 0.338 e. The van der Waals surface area contributed by atoms with E-state index in [1.54, 1.807) is 12.1 Å². The van der Waals surface area contributed by atoms with E-state index in [1.165, 1.54) is 11.3 Å². The topological polar surface area (TPSA) is 62.5 Å². The summed E-state index contributed by atoms with van der Waals surface area (Å²) in [7, 11) is 0. The Morgan fingerprint density at radius 2 is 1.92 bits per heavy atom. The number of halogens is 1. The Hall–Kier alpha value is -2.22. The Morgan fingerprint density at radius 1 is 1.15 bits per heavy atom. The molecule has 134 valence electrons. The molecule has 3 heterocycles. The Balaban J connectivity index is 1.33. The summed E-state index contributed by atoms with van der Waals surface area (Å²) in [5, 5.41) is 6.64. The summed E-state index contributed by atoms with van der Waals surface area (Å²) in [4.78, 5) is 21.7. The quantitative estimate of drug-likeness (QED) is 0.685. The van der Waals surface area contributed by atoms with Crippen molar-refractivity contribution >= 4 is 28.8 Å².